The van der Waals surface area contributed by atoms with Crippen LogP contribution in [0, 0.1) is 0 Å². The van der Waals surface area contributed by atoms with Crippen LogP contribution >= 0.6 is 24.0 Å². The van der Waals surface area contributed by atoms with Crippen molar-refractivity contribution < 1.29 is 0 Å². The summed E-state index contributed by atoms with van der Waals surface area (Å²) in [7, 11) is 1.76. The van der Waals surface area contributed by atoms with Crippen molar-refractivity contribution in [3.63, 3.8) is 0 Å². The van der Waals surface area contributed by atoms with Crippen molar-refractivity contribution in [3.05, 3.63) is 84.3 Å². The lowest BCUT2D eigenvalue weighted by Crippen LogP contribution is -2.36. The van der Waals surface area contributed by atoms with Gasteiger partial charge in [0, 0.05) is 31.5 Å². The van der Waals surface area contributed by atoms with Crippen molar-refractivity contribution in [2.75, 3.05) is 7.05 Å². The zero-order chi connectivity index (χ0) is 17.3. The molecule has 2 heterocycles. The normalized spacial score (nSPS) is 10.7. The lowest BCUT2D eigenvalue weighted by molar-refractivity contribution is 0.794. The predicted octanol–water partition coefficient (Wildman–Crippen LogP) is 3.63. The quantitative estimate of drug-likeness (QED) is 0.348. The highest BCUT2D eigenvalue weighted by molar-refractivity contribution is 14.0. The van der Waals surface area contributed by atoms with E-state index in [1.54, 1.807) is 13.2 Å². The van der Waals surface area contributed by atoms with Crippen molar-refractivity contribution in [1.82, 2.24) is 20.6 Å². The number of halogens is 1. The zero-order valence-electron chi connectivity index (χ0n) is 14.6. The summed E-state index contributed by atoms with van der Waals surface area (Å²) in [4.78, 5) is 13.0. The van der Waals surface area contributed by atoms with Gasteiger partial charge in [0.15, 0.2) is 5.96 Å². The topological polar surface area (TPSA) is 62.2 Å². The molecule has 0 unspecified atom stereocenters. The molecule has 3 rings (SSSR count). The number of pyridine rings is 2. The van der Waals surface area contributed by atoms with E-state index in [0.717, 1.165) is 22.9 Å². The van der Waals surface area contributed by atoms with E-state index < -0.39 is 0 Å². The molecule has 1 aromatic carbocycles. The first kappa shape index (κ1) is 19.8. The number of hydrogen-bond donors (Lipinski definition) is 2. The van der Waals surface area contributed by atoms with Gasteiger partial charge in [0.05, 0.1) is 17.9 Å². The third-order valence-corrected chi connectivity index (χ3v) is 3.73. The van der Waals surface area contributed by atoms with E-state index in [1.807, 2.05) is 48.7 Å². The van der Waals surface area contributed by atoms with Crippen LogP contribution in [0.1, 0.15) is 11.3 Å². The molecule has 0 saturated heterocycles. The van der Waals surface area contributed by atoms with E-state index >= 15 is 0 Å². The summed E-state index contributed by atoms with van der Waals surface area (Å²) in [5.74, 6) is 0.744. The number of nitrogens with one attached hydrogen (secondary N) is 2. The Morgan fingerprint density at radius 1 is 0.885 bits per heavy atom. The summed E-state index contributed by atoms with van der Waals surface area (Å²) >= 11 is 0. The minimum absolute atomic E-state index is 0. The number of benzene rings is 1. The average molecular weight is 459 g/mol. The molecule has 0 aliphatic carbocycles. The third kappa shape index (κ3) is 5.80. The van der Waals surface area contributed by atoms with Gasteiger partial charge in [-0.2, -0.15) is 0 Å². The van der Waals surface area contributed by atoms with Gasteiger partial charge in [0.2, 0.25) is 0 Å². The lowest BCUT2D eigenvalue weighted by Gasteiger charge is -2.12. The van der Waals surface area contributed by atoms with Crippen molar-refractivity contribution in [2.24, 2.45) is 4.99 Å². The molecular weight excluding hydrogens is 437 g/mol. The summed E-state index contributed by atoms with van der Waals surface area (Å²) in [6.07, 6.45) is 3.60. The van der Waals surface area contributed by atoms with Gasteiger partial charge in [-0.1, -0.05) is 30.3 Å². The zero-order valence-corrected chi connectivity index (χ0v) is 16.9. The first-order valence-electron chi connectivity index (χ1n) is 8.20. The van der Waals surface area contributed by atoms with Gasteiger partial charge < -0.3 is 10.6 Å². The van der Waals surface area contributed by atoms with E-state index in [0.29, 0.717) is 13.1 Å². The molecule has 134 valence electrons. The molecule has 0 saturated carbocycles. The van der Waals surface area contributed by atoms with Gasteiger partial charge in [-0.3, -0.25) is 15.0 Å². The first-order valence-corrected chi connectivity index (χ1v) is 8.20. The minimum Gasteiger partial charge on any atom is -0.352 e. The van der Waals surface area contributed by atoms with E-state index in [9.17, 15) is 0 Å². The number of rotatable bonds is 5. The highest BCUT2D eigenvalue weighted by Crippen LogP contribution is 2.17. The van der Waals surface area contributed by atoms with Crippen molar-refractivity contribution in [1.29, 1.82) is 0 Å². The van der Waals surface area contributed by atoms with Gasteiger partial charge in [0.25, 0.3) is 0 Å². The maximum Gasteiger partial charge on any atom is 0.191 e. The standard InChI is InChI=1S/C20H21N5.HI/c1-21-20(25-15-18-9-2-4-11-22-18)24-14-16-7-6-8-17(13-16)19-10-3-5-12-23-19;/h2-13H,14-15H2,1H3,(H2,21,24,25);1H. The smallest absolute Gasteiger partial charge is 0.191 e. The van der Waals surface area contributed by atoms with E-state index in [2.05, 4.69) is 43.8 Å². The Labute approximate surface area is 171 Å². The Hall–Kier alpha value is -2.48. The molecule has 0 atom stereocenters. The molecule has 2 N–H and O–H groups in total. The van der Waals surface area contributed by atoms with Gasteiger partial charge in [-0.25, -0.2) is 0 Å². The molecule has 6 heteroatoms. The fourth-order valence-corrected chi connectivity index (χ4v) is 2.46. The Balaban J connectivity index is 0.00000243. The van der Waals surface area contributed by atoms with Crippen LogP contribution in [0.5, 0.6) is 0 Å². The molecule has 0 aliphatic rings. The fourth-order valence-electron chi connectivity index (χ4n) is 2.46. The first-order chi connectivity index (χ1) is 12.3. The molecule has 2 aromatic heterocycles. The molecule has 0 radical (unpaired) electrons. The molecule has 26 heavy (non-hydrogen) atoms. The van der Waals surface area contributed by atoms with Gasteiger partial charge in [-0.05, 0) is 35.9 Å². The number of guanidine groups is 1. The fraction of sp³-hybridized carbons (Fsp3) is 0.150. The number of aliphatic imine (C=N–C) groups is 1. The van der Waals surface area contributed by atoms with E-state index in [-0.39, 0.29) is 24.0 Å². The maximum absolute atomic E-state index is 4.40. The highest BCUT2D eigenvalue weighted by atomic mass is 127. The molecule has 0 aliphatic heterocycles. The van der Waals surface area contributed by atoms with Crippen LogP contribution in [0.2, 0.25) is 0 Å². The summed E-state index contributed by atoms with van der Waals surface area (Å²) < 4.78 is 0. The van der Waals surface area contributed by atoms with Crippen molar-refractivity contribution >= 4 is 29.9 Å². The van der Waals surface area contributed by atoms with Gasteiger partial charge >= 0.3 is 0 Å². The van der Waals surface area contributed by atoms with Crippen LogP contribution in [0.25, 0.3) is 11.3 Å². The molecule has 0 amide bonds. The van der Waals surface area contributed by atoms with Crippen LogP contribution in [0.15, 0.2) is 78.0 Å². The van der Waals surface area contributed by atoms with E-state index in [4.69, 9.17) is 0 Å². The van der Waals surface area contributed by atoms with Crippen molar-refractivity contribution in [3.8, 4) is 11.3 Å². The Bertz CT molecular complexity index is 822. The summed E-state index contributed by atoms with van der Waals surface area (Å²) in [5.41, 5.74) is 4.23. The average Bonchev–Trinajstić information content (AvgIpc) is 2.70. The predicted molar refractivity (Wildman–Crippen MR) is 116 cm³/mol. The number of aromatic nitrogens is 2. The third-order valence-electron chi connectivity index (χ3n) is 3.73. The molecular formula is C20H22IN5. The molecule has 3 aromatic rings. The summed E-state index contributed by atoms with van der Waals surface area (Å²) in [6.45, 7) is 1.32. The Kier molecular flexibility index (Phi) is 8.01. The van der Waals surface area contributed by atoms with Gasteiger partial charge in [0.1, 0.15) is 0 Å². The summed E-state index contributed by atoms with van der Waals surface area (Å²) in [6, 6.07) is 20.1. The van der Waals surface area contributed by atoms with Crippen LogP contribution in [0.3, 0.4) is 0 Å². The second kappa shape index (κ2) is 10.5. The SMILES string of the molecule is CN=C(NCc1cccc(-c2ccccn2)c1)NCc1ccccn1.I. The molecule has 0 bridgehead atoms. The second-order valence-corrected chi connectivity index (χ2v) is 5.52. The lowest BCUT2D eigenvalue weighted by atomic mass is 10.1. The van der Waals surface area contributed by atoms with Crippen LogP contribution in [0.4, 0.5) is 0 Å². The Morgan fingerprint density at radius 3 is 2.35 bits per heavy atom. The maximum atomic E-state index is 4.40. The van der Waals surface area contributed by atoms with Crippen LogP contribution in [-0.4, -0.2) is 23.0 Å². The molecule has 0 fully saturated rings. The largest absolute Gasteiger partial charge is 0.352 e. The Morgan fingerprint density at radius 2 is 1.65 bits per heavy atom. The molecule has 0 spiro atoms. The van der Waals surface area contributed by atoms with E-state index in [1.165, 1.54) is 5.56 Å². The number of hydrogen-bond acceptors (Lipinski definition) is 3. The van der Waals surface area contributed by atoms with Crippen LogP contribution < -0.4 is 10.6 Å². The van der Waals surface area contributed by atoms with Gasteiger partial charge in [-0.15, -0.1) is 24.0 Å². The number of nitrogens with zero attached hydrogens (tertiary/aromatic N) is 3. The highest BCUT2D eigenvalue weighted by Gasteiger charge is 2.02. The monoisotopic (exact) mass is 459 g/mol. The minimum atomic E-state index is 0. The molecule has 5 nitrogen and oxygen atoms in total. The summed E-state index contributed by atoms with van der Waals surface area (Å²) in [5, 5.41) is 6.59. The second-order valence-electron chi connectivity index (χ2n) is 5.52. The van der Waals surface area contributed by atoms with Crippen molar-refractivity contribution in [2.45, 2.75) is 13.1 Å². The van der Waals surface area contributed by atoms with Crippen LogP contribution in [-0.2, 0) is 13.1 Å².